The smallest absolute Gasteiger partial charge is 0.407 e. The molecule has 2 rings (SSSR count). The normalized spacial score (nSPS) is 18.3. The first-order chi connectivity index (χ1) is 10.2. The third kappa shape index (κ3) is 4.37. The lowest BCUT2D eigenvalue weighted by molar-refractivity contribution is 0.154. The zero-order valence-corrected chi connectivity index (χ0v) is 13.3. The van der Waals surface area contributed by atoms with E-state index in [0.717, 1.165) is 6.42 Å². The molecule has 1 aliphatic heterocycles. The van der Waals surface area contributed by atoms with Crippen molar-refractivity contribution in [2.45, 2.75) is 32.7 Å². The number of amides is 1. The standard InChI is InChI=1S/C14H24N6O2/c1-14(2,3)19-12-17-7-10(15)11(18-12)16-6-9-4-5-20(8-9)13(21)22/h7,9H,4-6,8,15H2,1-3H3,(H,21,22)(H2,16,17,18,19). The van der Waals surface area contributed by atoms with Crippen LogP contribution in [0.5, 0.6) is 0 Å². The van der Waals surface area contributed by atoms with Crippen LogP contribution in [-0.2, 0) is 0 Å². The number of hydrogen-bond donors (Lipinski definition) is 4. The van der Waals surface area contributed by atoms with E-state index in [1.165, 1.54) is 4.90 Å². The number of hydrogen-bond acceptors (Lipinski definition) is 6. The van der Waals surface area contributed by atoms with Gasteiger partial charge in [0.25, 0.3) is 0 Å². The van der Waals surface area contributed by atoms with Crippen molar-refractivity contribution in [3.8, 4) is 0 Å². The summed E-state index contributed by atoms with van der Waals surface area (Å²) in [4.78, 5) is 20.9. The number of nitrogens with zero attached hydrogens (tertiary/aromatic N) is 3. The summed E-state index contributed by atoms with van der Waals surface area (Å²) in [5, 5.41) is 15.4. The number of anilines is 3. The molecule has 0 saturated carbocycles. The van der Waals surface area contributed by atoms with Crippen molar-refractivity contribution >= 4 is 23.5 Å². The molecule has 22 heavy (non-hydrogen) atoms. The van der Waals surface area contributed by atoms with Crippen molar-refractivity contribution in [3.63, 3.8) is 0 Å². The van der Waals surface area contributed by atoms with Crippen LogP contribution in [0.25, 0.3) is 0 Å². The van der Waals surface area contributed by atoms with Crippen molar-refractivity contribution in [1.29, 1.82) is 0 Å². The zero-order chi connectivity index (χ0) is 16.3. The minimum atomic E-state index is -0.860. The van der Waals surface area contributed by atoms with Gasteiger partial charge < -0.3 is 26.4 Å². The van der Waals surface area contributed by atoms with Crippen molar-refractivity contribution in [2.24, 2.45) is 5.92 Å². The zero-order valence-electron chi connectivity index (χ0n) is 13.3. The molecule has 0 aromatic carbocycles. The monoisotopic (exact) mass is 308 g/mol. The van der Waals surface area contributed by atoms with Crippen molar-refractivity contribution in [1.82, 2.24) is 14.9 Å². The highest BCUT2D eigenvalue weighted by Gasteiger charge is 2.25. The third-order valence-corrected chi connectivity index (χ3v) is 3.42. The van der Waals surface area contributed by atoms with Crippen molar-refractivity contribution in [2.75, 3.05) is 36.0 Å². The summed E-state index contributed by atoms with van der Waals surface area (Å²) in [7, 11) is 0. The molecule has 122 valence electrons. The number of nitrogens with two attached hydrogens (primary N) is 1. The second kappa shape index (κ2) is 6.25. The molecule has 0 radical (unpaired) electrons. The van der Waals surface area contributed by atoms with Crippen LogP contribution >= 0.6 is 0 Å². The molecule has 1 aromatic heterocycles. The third-order valence-electron chi connectivity index (χ3n) is 3.42. The van der Waals surface area contributed by atoms with E-state index in [9.17, 15) is 4.79 Å². The summed E-state index contributed by atoms with van der Waals surface area (Å²) in [6, 6.07) is 0. The van der Waals surface area contributed by atoms with Crippen LogP contribution in [0.15, 0.2) is 6.20 Å². The van der Waals surface area contributed by atoms with Gasteiger partial charge in [-0.25, -0.2) is 9.78 Å². The van der Waals surface area contributed by atoms with E-state index in [4.69, 9.17) is 10.8 Å². The lowest BCUT2D eigenvalue weighted by Crippen LogP contribution is -2.28. The first-order valence-electron chi connectivity index (χ1n) is 7.37. The molecule has 0 aliphatic carbocycles. The second-order valence-corrected chi connectivity index (χ2v) is 6.64. The summed E-state index contributed by atoms with van der Waals surface area (Å²) in [6.07, 6.45) is 1.56. The summed E-state index contributed by atoms with van der Waals surface area (Å²) < 4.78 is 0. The van der Waals surface area contributed by atoms with Gasteiger partial charge in [-0.05, 0) is 33.1 Å². The predicted molar refractivity (Wildman–Crippen MR) is 86.0 cm³/mol. The van der Waals surface area contributed by atoms with Crippen molar-refractivity contribution < 1.29 is 9.90 Å². The Bertz CT molecular complexity index is 543. The molecule has 8 nitrogen and oxygen atoms in total. The lowest BCUT2D eigenvalue weighted by atomic mass is 10.1. The van der Waals surface area contributed by atoms with Crippen LogP contribution in [0.1, 0.15) is 27.2 Å². The maximum atomic E-state index is 10.9. The average molecular weight is 308 g/mol. The van der Waals surface area contributed by atoms with Crippen LogP contribution in [0.2, 0.25) is 0 Å². The average Bonchev–Trinajstić information content (AvgIpc) is 2.87. The van der Waals surface area contributed by atoms with Gasteiger partial charge in [0, 0.05) is 25.2 Å². The van der Waals surface area contributed by atoms with Gasteiger partial charge in [-0.1, -0.05) is 0 Å². The molecule has 1 aromatic rings. The fourth-order valence-corrected chi connectivity index (χ4v) is 2.34. The van der Waals surface area contributed by atoms with Crippen LogP contribution in [0, 0.1) is 5.92 Å². The van der Waals surface area contributed by atoms with Gasteiger partial charge in [-0.3, -0.25) is 0 Å². The number of nitrogen functional groups attached to an aromatic ring is 1. The van der Waals surface area contributed by atoms with E-state index in [2.05, 4.69) is 20.6 Å². The molecular formula is C14H24N6O2. The molecule has 1 atom stereocenters. The minimum Gasteiger partial charge on any atom is -0.465 e. The van der Waals surface area contributed by atoms with E-state index in [-0.39, 0.29) is 11.5 Å². The fourth-order valence-electron chi connectivity index (χ4n) is 2.34. The second-order valence-electron chi connectivity index (χ2n) is 6.64. The van der Waals surface area contributed by atoms with Gasteiger partial charge in [0.05, 0.1) is 11.9 Å². The Labute approximate surface area is 130 Å². The first kappa shape index (κ1) is 16.1. The molecule has 5 N–H and O–H groups in total. The highest BCUT2D eigenvalue weighted by molar-refractivity contribution is 5.65. The van der Waals surface area contributed by atoms with E-state index >= 15 is 0 Å². The summed E-state index contributed by atoms with van der Waals surface area (Å²) >= 11 is 0. The van der Waals surface area contributed by atoms with E-state index in [1.54, 1.807) is 6.20 Å². The Morgan fingerprint density at radius 3 is 2.86 bits per heavy atom. The number of nitrogens with one attached hydrogen (secondary N) is 2. The number of carbonyl (C=O) groups is 1. The van der Waals surface area contributed by atoms with Gasteiger partial charge >= 0.3 is 6.09 Å². The van der Waals surface area contributed by atoms with Crippen LogP contribution in [0.3, 0.4) is 0 Å². The summed E-state index contributed by atoms with van der Waals surface area (Å²) in [5.41, 5.74) is 6.23. The SMILES string of the molecule is CC(C)(C)Nc1ncc(N)c(NCC2CCN(C(=O)O)C2)n1. The Balaban J connectivity index is 1.95. The summed E-state index contributed by atoms with van der Waals surface area (Å²) in [6.45, 7) is 7.84. The molecule has 8 heteroatoms. The van der Waals surface area contributed by atoms with Crippen LogP contribution < -0.4 is 16.4 Å². The molecule has 0 bridgehead atoms. The number of carboxylic acid groups (broad SMARTS) is 1. The number of likely N-dealkylation sites (tertiary alicyclic amines) is 1. The fraction of sp³-hybridized carbons (Fsp3) is 0.643. The molecule has 1 saturated heterocycles. The number of rotatable bonds is 4. The molecule has 1 fully saturated rings. The van der Waals surface area contributed by atoms with E-state index in [0.29, 0.717) is 37.1 Å². The molecule has 1 aliphatic rings. The first-order valence-corrected chi connectivity index (χ1v) is 7.37. The largest absolute Gasteiger partial charge is 0.465 e. The Morgan fingerprint density at radius 2 is 2.27 bits per heavy atom. The van der Waals surface area contributed by atoms with Gasteiger partial charge in [-0.15, -0.1) is 0 Å². The Morgan fingerprint density at radius 1 is 1.55 bits per heavy atom. The minimum absolute atomic E-state index is 0.138. The summed E-state index contributed by atoms with van der Waals surface area (Å²) in [5.74, 6) is 1.36. The van der Waals surface area contributed by atoms with Crippen LogP contribution in [0.4, 0.5) is 22.2 Å². The molecule has 0 spiro atoms. The molecule has 2 heterocycles. The topological polar surface area (TPSA) is 116 Å². The molecular weight excluding hydrogens is 284 g/mol. The highest BCUT2D eigenvalue weighted by atomic mass is 16.4. The lowest BCUT2D eigenvalue weighted by Gasteiger charge is -2.21. The van der Waals surface area contributed by atoms with Gasteiger partial charge in [0.15, 0.2) is 5.82 Å². The van der Waals surface area contributed by atoms with Gasteiger partial charge in [-0.2, -0.15) is 4.98 Å². The van der Waals surface area contributed by atoms with Gasteiger partial charge in [0.2, 0.25) is 5.95 Å². The quantitative estimate of drug-likeness (QED) is 0.668. The Hall–Kier alpha value is -2.25. The number of aromatic nitrogens is 2. The van der Waals surface area contributed by atoms with E-state index in [1.807, 2.05) is 20.8 Å². The predicted octanol–water partition coefficient (Wildman–Crippen LogP) is 1.68. The maximum absolute atomic E-state index is 10.9. The molecule has 1 unspecified atom stereocenters. The van der Waals surface area contributed by atoms with E-state index < -0.39 is 6.09 Å². The Kier molecular flexibility index (Phi) is 4.58. The maximum Gasteiger partial charge on any atom is 0.407 e. The highest BCUT2D eigenvalue weighted by Crippen LogP contribution is 2.21. The van der Waals surface area contributed by atoms with Crippen LogP contribution in [-0.4, -0.2) is 51.2 Å². The van der Waals surface area contributed by atoms with Gasteiger partial charge in [0.1, 0.15) is 0 Å². The molecule has 1 amide bonds. The van der Waals surface area contributed by atoms with Crippen molar-refractivity contribution in [3.05, 3.63) is 6.20 Å².